The largest absolute Gasteiger partial charge is 0.273 e. The monoisotopic (exact) mass is 276 g/mol. The van der Waals surface area contributed by atoms with Crippen molar-refractivity contribution in [1.29, 1.82) is 0 Å². The van der Waals surface area contributed by atoms with E-state index in [0.29, 0.717) is 0 Å². The smallest absolute Gasteiger partial charge is 0.248 e. The predicted molar refractivity (Wildman–Crippen MR) is 58.2 cm³/mol. The van der Waals surface area contributed by atoms with Crippen LogP contribution < -0.4 is 5.14 Å². The zero-order chi connectivity index (χ0) is 12.6. The molecule has 0 spiro atoms. The Labute approximate surface area is 101 Å². The van der Waals surface area contributed by atoms with E-state index in [1.807, 2.05) is 0 Å². The van der Waals surface area contributed by atoms with E-state index in [2.05, 4.69) is 15.2 Å². The molecule has 6 nitrogen and oxygen atoms in total. The van der Waals surface area contributed by atoms with Crippen molar-refractivity contribution in [3.8, 4) is 11.4 Å². The second kappa shape index (κ2) is 4.06. The number of benzene rings is 1. The first-order valence-corrected chi connectivity index (χ1v) is 6.21. The van der Waals surface area contributed by atoms with E-state index in [4.69, 9.17) is 16.7 Å². The summed E-state index contributed by atoms with van der Waals surface area (Å²) in [6.45, 7) is 0. The fourth-order valence-corrected chi connectivity index (χ4v) is 1.83. The Hall–Kier alpha value is -1.51. The number of sulfonamides is 1. The lowest BCUT2D eigenvalue weighted by Gasteiger charge is -1.99. The summed E-state index contributed by atoms with van der Waals surface area (Å²) in [4.78, 5) is 3.57. The number of nitrogens with zero attached hydrogens (tertiary/aromatic N) is 2. The Kier molecular flexibility index (Phi) is 2.86. The van der Waals surface area contributed by atoms with Crippen molar-refractivity contribution >= 4 is 21.6 Å². The molecule has 1 heterocycles. The van der Waals surface area contributed by atoms with Gasteiger partial charge in [0.25, 0.3) is 15.2 Å². The Morgan fingerprint density at radius 3 is 2.65 bits per heavy atom. The Bertz CT molecular complexity index is 650. The lowest BCUT2D eigenvalue weighted by atomic mass is 10.2. The van der Waals surface area contributed by atoms with Gasteiger partial charge in [-0.2, -0.15) is 10.1 Å². The first kappa shape index (κ1) is 12.0. The molecule has 2 rings (SSSR count). The highest BCUT2D eigenvalue weighted by Crippen LogP contribution is 2.27. The highest BCUT2D eigenvalue weighted by atomic mass is 35.5. The molecule has 0 aliphatic heterocycles. The van der Waals surface area contributed by atoms with Crippen molar-refractivity contribution in [2.75, 3.05) is 0 Å². The molecular formula is C8H6ClFN4O2S. The highest BCUT2D eigenvalue weighted by molar-refractivity contribution is 7.89. The summed E-state index contributed by atoms with van der Waals surface area (Å²) in [6, 6.07) is 4.01. The first-order chi connectivity index (χ1) is 7.89. The SMILES string of the molecule is NS(=O)(=O)c1nc(-c2c(F)cccc2Cl)n[nH]1. The number of nitrogens with one attached hydrogen (secondary N) is 1. The van der Waals surface area contributed by atoms with Gasteiger partial charge in [0.1, 0.15) is 5.82 Å². The van der Waals surface area contributed by atoms with E-state index in [1.54, 1.807) is 0 Å². The van der Waals surface area contributed by atoms with Gasteiger partial charge in [-0.15, -0.1) is 0 Å². The molecule has 0 unspecified atom stereocenters. The molecule has 0 bridgehead atoms. The Morgan fingerprint density at radius 2 is 2.12 bits per heavy atom. The van der Waals surface area contributed by atoms with Gasteiger partial charge < -0.3 is 0 Å². The van der Waals surface area contributed by atoms with Gasteiger partial charge in [-0.3, -0.25) is 0 Å². The van der Waals surface area contributed by atoms with E-state index in [9.17, 15) is 12.8 Å². The van der Waals surface area contributed by atoms with Crippen LogP contribution in [-0.2, 0) is 10.0 Å². The van der Waals surface area contributed by atoms with Crippen LogP contribution in [0.25, 0.3) is 11.4 Å². The van der Waals surface area contributed by atoms with Gasteiger partial charge in [0, 0.05) is 0 Å². The third-order valence-electron chi connectivity index (χ3n) is 1.92. The average Bonchev–Trinajstić information content (AvgIpc) is 2.65. The van der Waals surface area contributed by atoms with Gasteiger partial charge in [-0.1, -0.05) is 17.7 Å². The number of rotatable bonds is 2. The lowest BCUT2D eigenvalue weighted by Crippen LogP contribution is -2.13. The molecule has 2 aromatic rings. The van der Waals surface area contributed by atoms with E-state index in [0.717, 1.165) is 6.07 Å². The van der Waals surface area contributed by atoms with Crippen molar-refractivity contribution in [3.05, 3.63) is 29.0 Å². The van der Waals surface area contributed by atoms with E-state index in [1.165, 1.54) is 12.1 Å². The third kappa shape index (κ3) is 2.28. The lowest BCUT2D eigenvalue weighted by molar-refractivity contribution is 0.589. The van der Waals surface area contributed by atoms with Gasteiger partial charge in [-0.05, 0) is 12.1 Å². The zero-order valence-electron chi connectivity index (χ0n) is 8.18. The van der Waals surface area contributed by atoms with Crippen molar-refractivity contribution < 1.29 is 12.8 Å². The molecule has 1 aromatic carbocycles. The van der Waals surface area contributed by atoms with E-state index >= 15 is 0 Å². The van der Waals surface area contributed by atoms with E-state index in [-0.39, 0.29) is 16.4 Å². The summed E-state index contributed by atoms with van der Waals surface area (Å²) in [5.74, 6) is -0.824. The number of hydrogen-bond donors (Lipinski definition) is 2. The quantitative estimate of drug-likeness (QED) is 0.851. The fraction of sp³-hybridized carbons (Fsp3) is 0. The van der Waals surface area contributed by atoms with Crippen LogP contribution in [-0.4, -0.2) is 23.6 Å². The van der Waals surface area contributed by atoms with Crippen molar-refractivity contribution in [1.82, 2.24) is 15.2 Å². The number of hydrogen-bond acceptors (Lipinski definition) is 4. The van der Waals surface area contributed by atoms with Crippen molar-refractivity contribution in [3.63, 3.8) is 0 Å². The zero-order valence-corrected chi connectivity index (χ0v) is 9.76. The number of nitrogens with two attached hydrogens (primary N) is 1. The van der Waals surface area contributed by atoms with Crippen LogP contribution in [0.5, 0.6) is 0 Å². The molecule has 1 aromatic heterocycles. The Balaban J connectivity index is 2.59. The second-order valence-corrected chi connectivity index (χ2v) is 4.99. The second-order valence-electron chi connectivity index (χ2n) is 3.11. The topological polar surface area (TPSA) is 102 Å². The Morgan fingerprint density at radius 1 is 1.41 bits per heavy atom. The predicted octanol–water partition coefficient (Wildman–Crippen LogP) is 0.912. The molecule has 17 heavy (non-hydrogen) atoms. The summed E-state index contributed by atoms with van der Waals surface area (Å²) in [5, 5.41) is 10.0. The summed E-state index contributed by atoms with van der Waals surface area (Å²) in [7, 11) is -4.01. The molecule has 0 amide bonds. The summed E-state index contributed by atoms with van der Waals surface area (Å²) < 4.78 is 35.4. The van der Waals surface area contributed by atoms with Gasteiger partial charge in [0.15, 0.2) is 5.82 Å². The van der Waals surface area contributed by atoms with E-state index < -0.39 is 21.0 Å². The number of primary sulfonamides is 1. The van der Waals surface area contributed by atoms with Crippen LogP contribution in [0.4, 0.5) is 4.39 Å². The molecule has 3 N–H and O–H groups in total. The van der Waals surface area contributed by atoms with Gasteiger partial charge >= 0.3 is 0 Å². The molecule has 0 aliphatic rings. The molecule has 0 atom stereocenters. The van der Waals surface area contributed by atoms with Gasteiger partial charge in [0.2, 0.25) is 0 Å². The molecule has 90 valence electrons. The molecule has 0 saturated heterocycles. The molecular weight excluding hydrogens is 271 g/mol. The fourth-order valence-electron chi connectivity index (χ4n) is 1.20. The molecule has 0 aliphatic carbocycles. The minimum atomic E-state index is -4.01. The minimum absolute atomic E-state index is 0.0740. The number of H-pyrrole nitrogens is 1. The van der Waals surface area contributed by atoms with Crippen LogP contribution in [0.1, 0.15) is 0 Å². The maximum absolute atomic E-state index is 13.5. The normalized spacial score (nSPS) is 11.7. The van der Waals surface area contributed by atoms with Gasteiger partial charge in [0.05, 0.1) is 10.6 Å². The van der Waals surface area contributed by atoms with Crippen LogP contribution in [0.2, 0.25) is 5.02 Å². The molecule has 0 fully saturated rings. The van der Waals surface area contributed by atoms with Gasteiger partial charge in [-0.25, -0.2) is 23.0 Å². The number of aromatic amines is 1. The standard InChI is InChI=1S/C8H6ClFN4O2S/c9-4-2-1-3-5(10)6(4)7-12-8(14-13-7)17(11,15)16/h1-3H,(H2,11,15,16)(H,12,13,14). The maximum Gasteiger partial charge on any atom is 0.273 e. The van der Waals surface area contributed by atoms with Crippen LogP contribution in [0.15, 0.2) is 23.4 Å². The number of aromatic nitrogens is 3. The van der Waals surface area contributed by atoms with Crippen LogP contribution in [0, 0.1) is 5.82 Å². The maximum atomic E-state index is 13.5. The summed E-state index contributed by atoms with van der Waals surface area (Å²) >= 11 is 5.77. The van der Waals surface area contributed by atoms with Crippen molar-refractivity contribution in [2.45, 2.75) is 5.16 Å². The molecule has 0 radical (unpaired) electrons. The number of halogens is 2. The minimum Gasteiger partial charge on any atom is -0.248 e. The molecule has 9 heteroatoms. The molecule has 0 saturated carbocycles. The van der Waals surface area contributed by atoms with Crippen molar-refractivity contribution in [2.24, 2.45) is 5.14 Å². The average molecular weight is 277 g/mol. The summed E-state index contributed by atoms with van der Waals surface area (Å²) in [6.07, 6.45) is 0. The first-order valence-electron chi connectivity index (χ1n) is 4.29. The summed E-state index contributed by atoms with van der Waals surface area (Å²) in [5.41, 5.74) is -0.0830. The van der Waals surface area contributed by atoms with Crippen LogP contribution in [0.3, 0.4) is 0 Å². The highest BCUT2D eigenvalue weighted by Gasteiger charge is 2.18. The third-order valence-corrected chi connectivity index (χ3v) is 2.96. The van der Waals surface area contributed by atoms with Crippen LogP contribution >= 0.6 is 11.6 Å².